The van der Waals surface area contributed by atoms with Crippen molar-refractivity contribution in [2.24, 2.45) is 0 Å². The first-order chi connectivity index (χ1) is 12.6. The number of pyridine rings is 1. The minimum Gasteiger partial charge on any atom is -0.476 e. The molecule has 0 saturated heterocycles. The summed E-state index contributed by atoms with van der Waals surface area (Å²) in [6.45, 7) is 0. The fraction of sp³-hybridized carbons (Fsp3) is 0. The number of halogens is 1. The maximum Gasteiger partial charge on any atom is 0.358 e. The molecule has 7 nitrogen and oxygen atoms in total. The second-order valence-corrected chi connectivity index (χ2v) is 5.95. The Hall–Kier alpha value is -3.45. The van der Waals surface area contributed by atoms with Gasteiger partial charge in [-0.15, -0.1) is 0 Å². The van der Waals surface area contributed by atoms with E-state index in [-0.39, 0.29) is 17.2 Å². The van der Waals surface area contributed by atoms with Crippen molar-refractivity contribution in [1.82, 2.24) is 19.9 Å². The van der Waals surface area contributed by atoms with Crippen LogP contribution in [0.25, 0.3) is 33.4 Å². The van der Waals surface area contributed by atoms with E-state index < -0.39 is 5.97 Å². The number of anilines is 1. The van der Waals surface area contributed by atoms with Crippen LogP contribution in [0.5, 0.6) is 0 Å². The van der Waals surface area contributed by atoms with E-state index in [0.29, 0.717) is 16.2 Å². The Labute approximate surface area is 152 Å². The van der Waals surface area contributed by atoms with E-state index in [1.54, 1.807) is 0 Å². The fourth-order valence-electron chi connectivity index (χ4n) is 2.77. The standard InChI is InChI=1S/C18H12ClN5O2/c19-14-11(12-8-21-16(20)15(24-12)18(25)26)7-23-17-13(14)10(6-22-17)9-4-2-1-3-5-9/h1-8H,(H2,20,21)(H,22,23)(H,25,26). The molecule has 4 N–H and O–H groups in total. The average Bonchev–Trinajstić information content (AvgIpc) is 3.08. The number of carboxylic acid groups (broad SMARTS) is 1. The van der Waals surface area contributed by atoms with Crippen molar-refractivity contribution in [3.05, 3.63) is 59.6 Å². The van der Waals surface area contributed by atoms with E-state index in [4.69, 9.17) is 17.3 Å². The van der Waals surface area contributed by atoms with Gasteiger partial charge >= 0.3 is 5.97 Å². The van der Waals surface area contributed by atoms with Crippen molar-refractivity contribution in [1.29, 1.82) is 0 Å². The summed E-state index contributed by atoms with van der Waals surface area (Å²) in [7, 11) is 0. The number of carbonyl (C=O) groups is 1. The van der Waals surface area contributed by atoms with Crippen LogP contribution in [-0.2, 0) is 0 Å². The van der Waals surface area contributed by atoms with Gasteiger partial charge in [0.15, 0.2) is 11.5 Å². The Morgan fingerprint density at radius 1 is 1.12 bits per heavy atom. The maximum absolute atomic E-state index is 11.3. The van der Waals surface area contributed by atoms with E-state index in [1.807, 2.05) is 36.5 Å². The van der Waals surface area contributed by atoms with Gasteiger partial charge in [0.25, 0.3) is 0 Å². The number of aromatic nitrogens is 4. The van der Waals surface area contributed by atoms with Crippen LogP contribution < -0.4 is 5.73 Å². The Morgan fingerprint density at radius 2 is 1.88 bits per heavy atom. The number of rotatable bonds is 3. The van der Waals surface area contributed by atoms with E-state index in [0.717, 1.165) is 16.5 Å². The number of fused-ring (bicyclic) bond motifs is 1. The predicted octanol–water partition coefficient (Wildman–Crippen LogP) is 3.62. The highest BCUT2D eigenvalue weighted by Gasteiger charge is 2.18. The van der Waals surface area contributed by atoms with E-state index in [9.17, 15) is 9.90 Å². The van der Waals surface area contributed by atoms with Crippen LogP contribution in [0.2, 0.25) is 5.02 Å². The molecule has 0 aliphatic carbocycles. The molecule has 1 aromatic carbocycles. The van der Waals surface area contributed by atoms with Crippen LogP contribution in [-0.4, -0.2) is 31.0 Å². The number of aromatic carboxylic acids is 1. The highest BCUT2D eigenvalue weighted by atomic mass is 35.5. The molecule has 0 saturated carbocycles. The molecule has 3 heterocycles. The molecule has 0 spiro atoms. The molecule has 0 aliphatic rings. The number of nitrogens with one attached hydrogen (secondary N) is 1. The number of nitrogen functional groups attached to an aromatic ring is 1. The number of carboxylic acids is 1. The molecule has 8 heteroatoms. The van der Waals surface area contributed by atoms with Gasteiger partial charge in [0, 0.05) is 28.9 Å². The number of hydrogen-bond acceptors (Lipinski definition) is 5. The highest BCUT2D eigenvalue weighted by molar-refractivity contribution is 6.39. The van der Waals surface area contributed by atoms with E-state index in [1.165, 1.54) is 12.4 Å². The van der Waals surface area contributed by atoms with Gasteiger partial charge in [0.1, 0.15) is 5.65 Å². The maximum atomic E-state index is 11.3. The molecule has 0 radical (unpaired) electrons. The number of aromatic amines is 1. The summed E-state index contributed by atoms with van der Waals surface area (Å²) in [4.78, 5) is 26.7. The highest BCUT2D eigenvalue weighted by Crippen LogP contribution is 2.38. The smallest absolute Gasteiger partial charge is 0.358 e. The number of H-pyrrole nitrogens is 1. The van der Waals surface area contributed by atoms with Crippen LogP contribution in [0, 0.1) is 0 Å². The van der Waals surface area contributed by atoms with Gasteiger partial charge in [0.05, 0.1) is 16.9 Å². The summed E-state index contributed by atoms with van der Waals surface area (Å²) in [6, 6.07) is 9.74. The lowest BCUT2D eigenvalue weighted by molar-refractivity contribution is 0.0691. The lowest BCUT2D eigenvalue weighted by Crippen LogP contribution is -2.08. The van der Waals surface area contributed by atoms with Gasteiger partial charge in [-0.25, -0.2) is 19.7 Å². The quantitative estimate of drug-likeness (QED) is 0.510. The van der Waals surface area contributed by atoms with Gasteiger partial charge in [-0.05, 0) is 5.56 Å². The van der Waals surface area contributed by atoms with Crippen LogP contribution in [0.3, 0.4) is 0 Å². The Bertz CT molecular complexity index is 1140. The average molecular weight is 366 g/mol. The molecular formula is C18H12ClN5O2. The van der Waals surface area contributed by atoms with Crippen molar-refractivity contribution in [2.75, 3.05) is 5.73 Å². The molecule has 0 fully saturated rings. The van der Waals surface area contributed by atoms with Crippen molar-refractivity contribution in [3.63, 3.8) is 0 Å². The molecule has 4 aromatic rings. The summed E-state index contributed by atoms with van der Waals surface area (Å²) in [5.41, 5.74) is 8.51. The lowest BCUT2D eigenvalue weighted by Gasteiger charge is -2.08. The minimum absolute atomic E-state index is 0.155. The molecule has 0 unspecified atom stereocenters. The third-order valence-electron chi connectivity index (χ3n) is 4.00. The third kappa shape index (κ3) is 2.55. The lowest BCUT2D eigenvalue weighted by atomic mass is 10.0. The molecule has 0 atom stereocenters. The Balaban J connectivity index is 1.94. The van der Waals surface area contributed by atoms with Crippen molar-refractivity contribution in [3.8, 4) is 22.4 Å². The summed E-state index contributed by atoms with van der Waals surface area (Å²) in [6.07, 6.45) is 4.74. The van der Waals surface area contributed by atoms with E-state index in [2.05, 4.69) is 19.9 Å². The summed E-state index contributed by atoms with van der Waals surface area (Å²) < 4.78 is 0. The van der Waals surface area contributed by atoms with Crippen LogP contribution in [0.15, 0.2) is 48.9 Å². The van der Waals surface area contributed by atoms with Crippen LogP contribution >= 0.6 is 11.6 Å². The molecule has 128 valence electrons. The number of hydrogen-bond donors (Lipinski definition) is 3. The predicted molar refractivity (Wildman–Crippen MR) is 98.9 cm³/mol. The van der Waals surface area contributed by atoms with Crippen molar-refractivity contribution in [2.45, 2.75) is 0 Å². The van der Waals surface area contributed by atoms with Gasteiger partial charge < -0.3 is 15.8 Å². The monoisotopic (exact) mass is 365 g/mol. The molecule has 0 aliphatic heterocycles. The van der Waals surface area contributed by atoms with E-state index >= 15 is 0 Å². The normalized spacial score (nSPS) is 11.0. The number of benzene rings is 1. The molecule has 4 rings (SSSR count). The fourth-order valence-corrected chi connectivity index (χ4v) is 3.10. The van der Waals surface area contributed by atoms with Crippen molar-refractivity contribution < 1.29 is 9.90 Å². The zero-order valence-electron chi connectivity index (χ0n) is 13.3. The molecule has 3 aromatic heterocycles. The number of nitrogens with two attached hydrogens (primary N) is 1. The summed E-state index contributed by atoms with van der Waals surface area (Å²) >= 11 is 6.64. The molecule has 26 heavy (non-hydrogen) atoms. The first kappa shape index (κ1) is 16.0. The summed E-state index contributed by atoms with van der Waals surface area (Å²) in [5.74, 6) is -1.41. The SMILES string of the molecule is Nc1ncc(-c2cnc3[nH]cc(-c4ccccc4)c3c2Cl)nc1C(=O)O. The molecular weight excluding hydrogens is 354 g/mol. The first-order valence-electron chi connectivity index (χ1n) is 7.63. The van der Waals surface area contributed by atoms with Crippen LogP contribution in [0.4, 0.5) is 5.82 Å². The Kier molecular flexibility index (Phi) is 3.78. The van der Waals surface area contributed by atoms with Gasteiger partial charge in [-0.3, -0.25) is 0 Å². The second-order valence-electron chi connectivity index (χ2n) is 5.57. The molecule has 0 amide bonds. The Morgan fingerprint density at radius 3 is 2.62 bits per heavy atom. The first-order valence-corrected chi connectivity index (χ1v) is 8.01. The van der Waals surface area contributed by atoms with Crippen molar-refractivity contribution >= 4 is 34.4 Å². The zero-order valence-corrected chi connectivity index (χ0v) is 14.0. The second kappa shape index (κ2) is 6.12. The molecule has 0 bridgehead atoms. The van der Waals surface area contributed by atoms with Crippen LogP contribution in [0.1, 0.15) is 10.5 Å². The zero-order chi connectivity index (χ0) is 18.3. The minimum atomic E-state index is -1.26. The van der Waals surface area contributed by atoms with Gasteiger partial charge in [-0.1, -0.05) is 41.9 Å². The largest absolute Gasteiger partial charge is 0.476 e. The van der Waals surface area contributed by atoms with Gasteiger partial charge in [-0.2, -0.15) is 0 Å². The summed E-state index contributed by atoms with van der Waals surface area (Å²) in [5, 5.41) is 10.3. The number of nitrogens with zero attached hydrogens (tertiary/aromatic N) is 3. The van der Waals surface area contributed by atoms with Gasteiger partial charge in [0.2, 0.25) is 0 Å². The third-order valence-corrected chi connectivity index (χ3v) is 4.39. The topological polar surface area (TPSA) is 118 Å².